The predicted octanol–water partition coefficient (Wildman–Crippen LogP) is 2.73. The van der Waals surface area contributed by atoms with E-state index in [9.17, 15) is 9.90 Å². The Morgan fingerprint density at radius 2 is 2.11 bits per heavy atom. The van der Waals surface area contributed by atoms with Crippen molar-refractivity contribution >= 4 is 5.91 Å². The summed E-state index contributed by atoms with van der Waals surface area (Å²) in [5, 5.41) is 13.0. The first-order valence-electron chi connectivity index (χ1n) is 7.27. The molecule has 1 amide bonds. The van der Waals surface area contributed by atoms with E-state index in [1.165, 1.54) is 12.8 Å². The first-order valence-corrected chi connectivity index (χ1v) is 7.27. The Balaban J connectivity index is 1.87. The number of amides is 1. The Hall–Kier alpha value is -1.35. The summed E-state index contributed by atoms with van der Waals surface area (Å²) in [6.07, 6.45) is 5.11. The highest BCUT2D eigenvalue weighted by Crippen LogP contribution is 2.31. The summed E-state index contributed by atoms with van der Waals surface area (Å²) in [7, 11) is 0. The van der Waals surface area contributed by atoms with Gasteiger partial charge in [-0.1, -0.05) is 50.5 Å². The predicted molar refractivity (Wildman–Crippen MR) is 75.8 cm³/mol. The molecule has 0 aromatic heterocycles. The molecule has 1 aromatic carbocycles. The minimum Gasteiger partial charge on any atom is -0.390 e. The SMILES string of the molecule is CCCCCCC(=O)N[C@H]1c2ccccc2C[C@H]1O. The van der Waals surface area contributed by atoms with Crippen molar-refractivity contribution in [3.63, 3.8) is 0 Å². The van der Waals surface area contributed by atoms with E-state index in [0.717, 1.165) is 24.0 Å². The number of carbonyl (C=O) groups is 1. The Labute approximate surface area is 115 Å². The van der Waals surface area contributed by atoms with Gasteiger partial charge in [0, 0.05) is 12.8 Å². The molecule has 19 heavy (non-hydrogen) atoms. The van der Waals surface area contributed by atoms with E-state index < -0.39 is 6.10 Å². The third-order valence-electron chi connectivity index (χ3n) is 3.78. The maximum absolute atomic E-state index is 11.9. The van der Waals surface area contributed by atoms with Gasteiger partial charge in [-0.15, -0.1) is 0 Å². The first kappa shape index (κ1) is 14.1. The molecule has 1 aromatic rings. The first-order chi connectivity index (χ1) is 9.22. The van der Waals surface area contributed by atoms with Crippen LogP contribution in [-0.2, 0) is 11.2 Å². The second kappa shape index (κ2) is 6.71. The molecule has 2 atom stereocenters. The fourth-order valence-corrected chi connectivity index (χ4v) is 2.71. The van der Waals surface area contributed by atoms with Gasteiger partial charge in [0.2, 0.25) is 5.91 Å². The van der Waals surface area contributed by atoms with E-state index in [1.807, 2.05) is 24.3 Å². The van der Waals surface area contributed by atoms with E-state index >= 15 is 0 Å². The molecule has 0 heterocycles. The van der Waals surface area contributed by atoms with Crippen LogP contribution in [0.2, 0.25) is 0 Å². The highest BCUT2D eigenvalue weighted by atomic mass is 16.3. The molecule has 0 saturated carbocycles. The van der Waals surface area contributed by atoms with Crippen LogP contribution in [0.1, 0.15) is 56.2 Å². The molecule has 0 saturated heterocycles. The van der Waals surface area contributed by atoms with Crippen LogP contribution in [0.25, 0.3) is 0 Å². The second-order valence-corrected chi connectivity index (χ2v) is 5.33. The summed E-state index contributed by atoms with van der Waals surface area (Å²) >= 11 is 0. The lowest BCUT2D eigenvalue weighted by molar-refractivity contribution is -0.122. The number of aliphatic hydroxyl groups excluding tert-OH is 1. The molecule has 2 rings (SSSR count). The molecule has 0 radical (unpaired) electrons. The monoisotopic (exact) mass is 261 g/mol. The van der Waals surface area contributed by atoms with Gasteiger partial charge < -0.3 is 10.4 Å². The minimum atomic E-state index is -0.489. The van der Waals surface area contributed by atoms with Crippen LogP contribution in [0.15, 0.2) is 24.3 Å². The number of aliphatic hydroxyl groups is 1. The van der Waals surface area contributed by atoms with Crippen molar-refractivity contribution in [2.45, 2.75) is 57.6 Å². The van der Waals surface area contributed by atoms with Crippen LogP contribution >= 0.6 is 0 Å². The van der Waals surface area contributed by atoms with E-state index in [0.29, 0.717) is 12.8 Å². The fourth-order valence-electron chi connectivity index (χ4n) is 2.71. The van der Waals surface area contributed by atoms with E-state index in [2.05, 4.69) is 12.2 Å². The van der Waals surface area contributed by atoms with Crippen molar-refractivity contribution < 1.29 is 9.90 Å². The molecule has 0 aliphatic heterocycles. The van der Waals surface area contributed by atoms with E-state index in [-0.39, 0.29) is 11.9 Å². The molecule has 0 fully saturated rings. The fraction of sp³-hybridized carbons (Fsp3) is 0.562. The lowest BCUT2D eigenvalue weighted by Crippen LogP contribution is -2.33. The summed E-state index contributed by atoms with van der Waals surface area (Å²) in [6, 6.07) is 7.71. The van der Waals surface area contributed by atoms with Crippen molar-refractivity contribution in [1.82, 2.24) is 5.32 Å². The summed E-state index contributed by atoms with van der Waals surface area (Å²) < 4.78 is 0. The summed E-state index contributed by atoms with van der Waals surface area (Å²) in [5.41, 5.74) is 2.21. The van der Waals surface area contributed by atoms with Crippen LogP contribution < -0.4 is 5.32 Å². The number of carbonyl (C=O) groups excluding carboxylic acids is 1. The zero-order valence-electron chi connectivity index (χ0n) is 11.6. The zero-order chi connectivity index (χ0) is 13.7. The molecule has 0 spiro atoms. The van der Waals surface area contributed by atoms with Gasteiger partial charge in [-0.25, -0.2) is 0 Å². The zero-order valence-corrected chi connectivity index (χ0v) is 11.6. The van der Waals surface area contributed by atoms with E-state index in [4.69, 9.17) is 0 Å². The van der Waals surface area contributed by atoms with Crippen LogP contribution in [0.5, 0.6) is 0 Å². The molecule has 0 bridgehead atoms. The molecule has 0 unspecified atom stereocenters. The van der Waals surface area contributed by atoms with Crippen molar-refractivity contribution in [2.24, 2.45) is 0 Å². The Morgan fingerprint density at radius 3 is 2.89 bits per heavy atom. The van der Waals surface area contributed by atoms with Crippen molar-refractivity contribution in [1.29, 1.82) is 0 Å². The van der Waals surface area contributed by atoms with E-state index in [1.54, 1.807) is 0 Å². The molecule has 2 N–H and O–H groups in total. The van der Waals surface area contributed by atoms with Gasteiger partial charge >= 0.3 is 0 Å². The largest absolute Gasteiger partial charge is 0.390 e. The quantitative estimate of drug-likeness (QED) is 0.774. The number of rotatable bonds is 6. The smallest absolute Gasteiger partial charge is 0.220 e. The number of fused-ring (bicyclic) bond motifs is 1. The highest BCUT2D eigenvalue weighted by molar-refractivity contribution is 5.76. The van der Waals surface area contributed by atoms with Gasteiger partial charge in [0.05, 0.1) is 12.1 Å². The summed E-state index contributed by atoms with van der Waals surface area (Å²) in [4.78, 5) is 11.9. The molecule has 1 aliphatic rings. The lowest BCUT2D eigenvalue weighted by Gasteiger charge is -2.17. The van der Waals surface area contributed by atoms with Gasteiger partial charge in [-0.05, 0) is 17.5 Å². The molecule has 3 nitrogen and oxygen atoms in total. The van der Waals surface area contributed by atoms with Crippen LogP contribution in [0.3, 0.4) is 0 Å². The average Bonchev–Trinajstić information content (AvgIpc) is 2.72. The topological polar surface area (TPSA) is 49.3 Å². The van der Waals surface area contributed by atoms with Gasteiger partial charge in [0.1, 0.15) is 0 Å². The highest BCUT2D eigenvalue weighted by Gasteiger charge is 2.31. The Bertz CT molecular complexity index is 431. The van der Waals surface area contributed by atoms with Gasteiger partial charge in [-0.3, -0.25) is 4.79 Å². The van der Waals surface area contributed by atoms with Gasteiger partial charge in [-0.2, -0.15) is 0 Å². The number of hydrogen-bond acceptors (Lipinski definition) is 2. The molecule has 104 valence electrons. The number of hydrogen-bond donors (Lipinski definition) is 2. The minimum absolute atomic E-state index is 0.0526. The molecule has 3 heteroatoms. The number of benzene rings is 1. The van der Waals surface area contributed by atoms with Gasteiger partial charge in [0.15, 0.2) is 0 Å². The van der Waals surface area contributed by atoms with Crippen molar-refractivity contribution in [3.05, 3.63) is 35.4 Å². The normalized spacial score (nSPS) is 21.2. The third kappa shape index (κ3) is 3.57. The average molecular weight is 261 g/mol. The number of nitrogens with one attached hydrogen (secondary N) is 1. The Morgan fingerprint density at radius 1 is 1.32 bits per heavy atom. The third-order valence-corrected chi connectivity index (χ3v) is 3.78. The maximum atomic E-state index is 11.9. The van der Waals surface area contributed by atoms with Crippen LogP contribution in [0.4, 0.5) is 0 Å². The van der Waals surface area contributed by atoms with Crippen molar-refractivity contribution in [3.8, 4) is 0 Å². The Kier molecular flexibility index (Phi) is 4.97. The van der Waals surface area contributed by atoms with Crippen LogP contribution in [-0.4, -0.2) is 17.1 Å². The lowest BCUT2D eigenvalue weighted by atomic mass is 10.1. The standard InChI is InChI=1S/C16H23NO2/c1-2-3-4-5-10-15(19)17-16-13-9-7-6-8-12(13)11-14(16)18/h6-9,14,16,18H,2-5,10-11H2,1H3,(H,17,19)/t14-,16+/m1/s1. The summed E-state index contributed by atoms with van der Waals surface area (Å²) in [6.45, 7) is 2.16. The van der Waals surface area contributed by atoms with Crippen LogP contribution in [0, 0.1) is 0 Å². The summed E-state index contributed by atoms with van der Waals surface area (Å²) in [5.74, 6) is 0.0526. The van der Waals surface area contributed by atoms with Crippen molar-refractivity contribution in [2.75, 3.05) is 0 Å². The molecule has 1 aliphatic carbocycles. The van der Waals surface area contributed by atoms with Gasteiger partial charge in [0.25, 0.3) is 0 Å². The second-order valence-electron chi connectivity index (χ2n) is 5.33. The maximum Gasteiger partial charge on any atom is 0.220 e. The molecular weight excluding hydrogens is 238 g/mol. The number of unbranched alkanes of at least 4 members (excludes halogenated alkanes) is 3. The molecular formula is C16H23NO2.